The summed E-state index contributed by atoms with van der Waals surface area (Å²) in [5, 5.41) is 4.95. The number of benzene rings is 1. The minimum atomic E-state index is -5.10. The molecule has 4 amide bonds. The largest absolute Gasteiger partial charge is 0.497 e. The summed E-state index contributed by atoms with van der Waals surface area (Å²) < 4.78 is 134. The Balaban J connectivity index is 1.41. The molecule has 0 bridgehead atoms. The number of sulfonamides is 1. The Labute approximate surface area is 359 Å². The van der Waals surface area contributed by atoms with Gasteiger partial charge in [-0.05, 0) is 76.8 Å². The zero-order valence-corrected chi connectivity index (χ0v) is 36.4. The molecule has 63 heavy (non-hydrogen) atoms. The molecular formula is C40H52F6N6O10S. The van der Waals surface area contributed by atoms with Gasteiger partial charge in [-0.1, -0.05) is 26.2 Å². The van der Waals surface area contributed by atoms with E-state index in [9.17, 15) is 53.9 Å². The van der Waals surface area contributed by atoms with Crippen LogP contribution < -0.4 is 24.8 Å². The van der Waals surface area contributed by atoms with Gasteiger partial charge in [0.15, 0.2) is 0 Å². The highest BCUT2D eigenvalue weighted by Gasteiger charge is 2.64. The number of nitrogens with zero attached hydrogens (tertiary/aromatic N) is 3. The molecular weight excluding hydrogens is 871 g/mol. The first kappa shape index (κ1) is 47.8. The number of ether oxygens (including phenoxy) is 4. The number of aromatic nitrogens is 2. The lowest BCUT2D eigenvalue weighted by atomic mass is 9.86. The first-order chi connectivity index (χ1) is 29.2. The van der Waals surface area contributed by atoms with Crippen molar-refractivity contribution in [3.63, 3.8) is 0 Å². The van der Waals surface area contributed by atoms with Crippen molar-refractivity contribution in [2.45, 2.75) is 132 Å². The van der Waals surface area contributed by atoms with Gasteiger partial charge >= 0.3 is 18.4 Å². The minimum absolute atomic E-state index is 0.0406. The predicted molar refractivity (Wildman–Crippen MR) is 210 cm³/mol. The maximum Gasteiger partial charge on any atom is 0.438 e. The van der Waals surface area contributed by atoms with Gasteiger partial charge < -0.3 is 34.5 Å². The number of amides is 4. The smallest absolute Gasteiger partial charge is 0.438 e. The summed E-state index contributed by atoms with van der Waals surface area (Å²) in [6, 6.07) is 0.584. The number of fused-ring (bicyclic) bond motifs is 3. The van der Waals surface area contributed by atoms with Crippen LogP contribution in [-0.2, 0) is 40.1 Å². The van der Waals surface area contributed by atoms with Crippen LogP contribution in [0.2, 0.25) is 0 Å². The fourth-order valence-corrected chi connectivity index (χ4v) is 9.55. The molecule has 2 saturated heterocycles. The number of methoxy groups -OCH3 is 2. The zero-order chi connectivity index (χ0) is 46.5. The zero-order valence-electron chi connectivity index (χ0n) is 35.6. The molecule has 3 N–H and O–H groups in total. The quantitative estimate of drug-likeness (QED) is 0.264. The van der Waals surface area contributed by atoms with Gasteiger partial charge in [0, 0.05) is 25.5 Å². The van der Waals surface area contributed by atoms with Crippen LogP contribution in [0.15, 0.2) is 18.2 Å². The summed E-state index contributed by atoms with van der Waals surface area (Å²) in [5.74, 6) is -5.44. The van der Waals surface area contributed by atoms with Crippen molar-refractivity contribution in [2.24, 2.45) is 17.8 Å². The third-order valence-corrected chi connectivity index (χ3v) is 14.7. The first-order valence-corrected chi connectivity index (χ1v) is 22.1. The van der Waals surface area contributed by atoms with Crippen LogP contribution in [-0.4, -0.2) is 115 Å². The van der Waals surface area contributed by atoms with Gasteiger partial charge in [-0.2, -0.15) is 26.3 Å². The molecule has 4 fully saturated rings. The van der Waals surface area contributed by atoms with Crippen LogP contribution >= 0.6 is 0 Å². The van der Waals surface area contributed by atoms with Crippen LogP contribution in [0.4, 0.5) is 31.1 Å². The van der Waals surface area contributed by atoms with Crippen molar-refractivity contribution in [3.8, 4) is 11.6 Å². The van der Waals surface area contributed by atoms with Crippen molar-refractivity contribution < 1.29 is 72.9 Å². The van der Waals surface area contributed by atoms with Crippen LogP contribution in [0.3, 0.4) is 0 Å². The van der Waals surface area contributed by atoms with Crippen molar-refractivity contribution in [3.05, 3.63) is 23.9 Å². The molecule has 3 heterocycles. The Hall–Kier alpha value is -4.67. The first-order valence-electron chi connectivity index (χ1n) is 20.6. The van der Waals surface area contributed by atoms with E-state index in [1.807, 2.05) is 6.92 Å². The number of hydrogen-bond donors (Lipinski definition) is 3. The highest BCUT2D eigenvalue weighted by atomic mass is 32.2. The molecule has 4 aliphatic rings. The Bertz CT molecular complexity index is 2210. The van der Waals surface area contributed by atoms with E-state index >= 15 is 0 Å². The number of rotatable bonds is 10. The lowest BCUT2D eigenvalue weighted by Crippen LogP contribution is -2.60. The molecule has 23 heteroatoms. The van der Waals surface area contributed by atoms with Gasteiger partial charge in [-0.25, -0.2) is 23.2 Å². The van der Waals surface area contributed by atoms with Gasteiger partial charge in [0.2, 0.25) is 39.0 Å². The number of carbonyl (C=O) groups is 4. The van der Waals surface area contributed by atoms with Gasteiger partial charge in [-0.15, -0.1) is 0 Å². The van der Waals surface area contributed by atoms with E-state index in [1.54, 1.807) is 0 Å². The molecule has 0 unspecified atom stereocenters. The van der Waals surface area contributed by atoms with Crippen molar-refractivity contribution in [1.29, 1.82) is 0 Å². The molecule has 2 saturated carbocycles. The summed E-state index contributed by atoms with van der Waals surface area (Å²) in [7, 11) is -1.54. The molecule has 2 aliphatic carbocycles. The van der Waals surface area contributed by atoms with Crippen LogP contribution in [0.25, 0.3) is 11.0 Å². The number of halogens is 6. The van der Waals surface area contributed by atoms with Gasteiger partial charge in [0.25, 0.3) is 5.91 Å². The number of alkyl halides is 6. The Kier molecular flexibility index (Phi) is 13.2. The van der Waals surface area contributed by atoms with E-state index in [0.717, 1.165) is 4.90 Å². The fourth-order valence-electron chi connectivity index (χ4n) is 8.23. The van der Waals surface area contributed by atoms with E-state index in [2.05, 4.69) is 25.3 Å². The Morgan fingerprint density at radius 1 is 1.00 bits per heavy atom. The lowest BCUT2D eigenvalue weighted by Gasteiger charge is -2.35. The maximum absolute atomic E-state index is 14.9. The predicted octanol–water partition coefficient (Wildman–Crippen LogP) is 5.18. The highest BCUT2D eigenvalue weighted by Crippen LogP contribution is 2.49. The van der Waals surface area contributed by atoms with E-state index in [0.29, 0.717) is 52.4 Å². The molecule has 350 valence electrons. The third kappa shape index (κ3) is 10.2. The second kappa shape index (κ2) is 17.4. The summed E-state index contributed by atoms with van der Waals surface area (Å²) >= 11 is 0. The highest BCUT2D eigenvalue weighted by molar-refractivity contribution is 7.91. The van der Waals surface area contributed by atoms with E-state index in [4.69, 9.17) is 18.9 Å². The summed E-state index contributed by atoms with van der Waals surface area (Å²) in [6.45, 7) is 3.71. The molecule has 1 aromatic heterocycles. The minimum Gasteiger partial charge on any atom is -0.497 e. The van der Waals surface area contributed by atoms with E-state index in [1.165, 1.54) is 39.3 Å². The summed E-state index contributed by atoms with van der Waals surface area (Å²) in [6.07, 6.45) is -10.8. The van der Waals surface area contributed by atoms with Crippen LogP contribution in [0, 0.1) is 17.8 Å². The number of hydrogen-bond acceptors (Lipinski definition) is 12. The second-order valence-corrected chi connectivity index (χ2v) is 20.0. The molecule has 16 nitrogen and oxygen atoms in total. The van der Waals surface area contributed by atoms with Crippen molar-refractivity contribution >= 4 is 44.9 Å². The molecule has 2 aromatic rings. The Morgan fingerprint density at radius 3 is 2.30 bits per heavy atom. The molecule has 2 aliphatic heterocycles. The fraction of sp³-hybridized carbons (Fsp3) is 0.700. The van der Waals surface area contributed by atoms with Crippen molar-refractivity contribution in [2.75, 3.05) is 27.4 Å². The molecule has 7 atom stereocenters. The average Bonchev–Trinajstić information content (AvgIpc) is 4.06. The Morgan fingerprint density at radius 2 is 1.68 bits per heavy atom. The van der Waals surface area contributed by atoms with Crippen molar-refractivity contribution in [1.82, 2.24) is 30.2 Å². The standard InChI is InChI=1S/C40H52F6N6O10S/c1-21-9-7-8-10-23-18-38(23,34(55)51-63(57,58)37(4)13-14-37)50-31(53)28-17-25(61-32-30(39(41,42)43)47-26-12-11-24(60-6)16-27(26)48-32)19-52(28)33(54)29(22(15-21)20-59-5)49-35(56)62-36(2,3)40(44,45)46/h11-12,16,21-23,25,28-29H,7-10,13-15,17-20H2,1-6H3,(H,49,56)(H,50,53)(H,51,55)/t21-,22+,23+,25-,28+,29+,38-/m1/s1. The lowest BCUT2D eigenvalue weighted by molar-refractivity contribution is -0.244. The van der Waals surface area contributed by atoms with Gasteiger partial charge in [0.05, 0.1) is 36.0 Å². The van der Waals surface area contributed by atoms with Crippen LogP contribution in [0.1, 0.15) is 91.2 Å². The molecule has 0 radical (unpaired) electrons. The molecule has 6 rings (SSSR count). The summed E-state index contributed by atoms with van der Waals surface area (Å²) in [4.78, 5) is 65.5. The normalized spacial score (nSPS) is 28.1. The number of alkyl carbamates (subject to hydrolysis) is 1. The van der Waals surface area contributed by atoms with Gasteiger partial charge in [-0.3, -0.25) is 19.1 Å². The van der Waals surface area contributed by atoms with Gasteiger partial charge in [0.1, 0.15) is 29.5 Å². The third-order valence-electron chi connectivity index (χ3n) is 12.5. The molecule has 1 aromatic carbocycles. The van der Waals surface area contributed by atoms with Crippen LogP contribution in [0.5, 0.6) is 11.6 Å². The summed E-state index contributed by atoms with van der Waals surface area (Å²) in [5.41, 5.74) is -6.49. The average molecular weight is 923 g/mol. The molecule has 0 spiro atoms. The number of carbonyl (C=O) groups excluding carboxylic acids is 4. The maximum atomic E-state index is 14.9. The number of nitrogens with one attached hydrogen (secondary N) is 3. The SMILES string of the molecule is COC[C@@H]1C[C@H](C)CCCC[C@H]2C[C@@]2(C(=O)NS(=O)(=O)C2(C)CC2)NC(=O)[C@@H]2C[C@@H](Oc3nc4cc(OC)ccc4nc3C(F)(F)F)CN2C(=O)[C@H]1NC(=O)OC(C)(C)C(F)(F)F. The van der Waals surface area contributed by atoms with E-state index < -0.39 is 117 Å². The monoisotopic (exact) mass is 922 g/mol. The second-order valence-electron chi connectivity index (χ2n) is 17.8. The van der Waals surface area contributed by atoms with E-state index in [-0.39, 0.29) is 42.1 Å². The topological polar surface area (TPSA) is 204 Å².